The topological polar surface area (TPSA) is 101 Å². The van der Waals surface area contributed by atoms with Gasteiger partial charge in [0.15, 0.2) is 0 Å². The number of nitrogens with one attached hydrogen (secondary N) is 2. The predicted molar refractivity (Wildman–Crippen MR) is 105 cm³/mol. The molecule has 0 aliphatic heterocycles. The van der Waals surface area contributed by atoms with Crippen LogP contribution in [0.1, 0.15) is 17.2 Å². The Morgan fingerprint density at radius 2 is 2.04 bits per heavy atom. The molecular formula is C19H24N6. The first-order chi connectivity index (χ1) is 12.1. The van der Waals surface area contributed by atoms with Crippen LogP contribution in [0, 0.1) is 0 Å². The van der Waals surface area contributed by atoms with Crippen molar-refractivity contribution >= 4 is 17.7 Å². The highest BCUT2D eigenvalue weighted by atomic mass is 15.0. The molecule has 2 aromatic rings. The van der Waals surface area contributed by atoms with Crippen LogP contribution in [0.15, 0.2) is 72.1 Å². The van der Waals surface area contributed by atoms with Gasteiger partial charge in [-0.25, -0.2) is 4.98 Å². The average molecular weight is 336 g/mol. The molecule has 6 nitrogen and oxygen atoms in total. The van der Waals surface area contributed by atoms with Crippen molar-refractivity contribution in [2.45, 2.75) is 6.04 Å². The van der Waals surface area contributed by atoms with Crippen molar-refractivity contribution in [1.82, 2.24) is 15.6 Å². The molecule has 0 saturated carbocycles. The second-order valence-electron chi connectivity index (χ2n) is 5.45. The van der Waals surface area contributed by atoms with E-state index in [2.05, 4.69) is 39.3 Å². The molecule has 25 heavy (non-hydrogen) atoms. The van der Waals surface area contributed by atoms with E-state index in [9.17, 15) is 0 Å². The minimum atomic E-state index is 0.0630. The number of rotatable bonds is 8. The maximum Gasteiger partial charge on any atom is 0.132 e. The fraction of sp³-hybridized carbons (Fsp3) is 0.158. The Morgan fingerprint density at radius 3 is 2.72 bits per heavy atom. The number of nitrogen functional groups attached to an aromatic ring is 1. The maximum atomic E-state index is 6.06. The van der Waals surface area contributed by atoms with E-state index in [0.717, 1.165) is 12.1 Å². The molecular weight excluding hydrogens is 312 g/mol. The second kappa shape index (κ2) is 9.24. The highest BCUT2D eigenvalue weighted by molar-refractivity contribution is 5.81. The summed E-state index contributed by atoms with van der Waals surface area (Å²) >= 11 is 0. The van der Waals surface area contributed by atoms with Gasteiger partial charge in [0.1, 0.15) is 5.82 Å². The van der Waals surface area contributed by atoms with Crippen LogP contribution in [0.2, 0.25) is 0 Å². The van der Waals surface area contributed by atoms with E-state index < -0.39 is 0 Å². The second-order valence-corrected chi connectivity index (χ2v) is 5.45. The molecule has 2 rings (SSSR count). The van der Waals surface area contributed by atoms with Crippen LogP contribution in [-0.2, 0) is 0 Å². The van der Waals surface area contributed by atoms with E-state index in [4.69, 9.17) is 11.5 Å². The normalized spacial score (nSPS) is 12.9. The third-order valence-electron chi connectivity index (χ3n) is 3.58. The van der Waals surface area contributed by atoms with Crippen LogP contribution in [0.3, 0.4) is 0 Å². The SMILES string of the molecule is C=C(/N=C\C=C(/N)NC(CNC)c1ccccc1)c1cccnc1N. The molecule has 0 aliphatic rings. The lowest BCUT2D eigenvalue weighted by Crippen LogP contribution is -2.32. The smallest absolute Gasteiger partial charge is 0.132 e. The number of likely N-dealkylation sites (N-methyl/N-ethyl adjacent to an activating group) is 1. The largest absolute Gasteiger partial charge is 0.385 e. The zero-order chi connectivity index (χ0) is 18.1. The van der Waals surface area contributed by atoms with E-state index in [1.54, 1.807) is 24.6 Å². The van der Waals surface area contributed by atoms with Gasteiger partial charge in [-0.05, 0) is 30.8 Å². The van der Waals surface area contributed by atoms with Gasteiger partial charge >= 0.3 is 0 Å². The maximum absolute atomic E-state index is 6.06. The number of anilines is 1. The first-order valence-corrected chi connectivity index (χ1v) is 7.97. The molecule has 0 saturated heterocycles. The van der Waals surface area contributed by atoms with Crippen molar-refractivity contribution in [2.24, 2.45) is 10.7 Å². The summed E-state index contributed by atoms with van der Waals surface area (Å²) in [6, 6.07) is 13.8. The fourth-order valence-electron chi connectivity index (χ4n) is 2.33. The monoisotopic (exact) mass is 336 g/mol. The van der Waals surface area contributed by atoms with Gasteiger partial charge in [-0.15, -0.1) is 0 Å². The number of benzene rings is 1. The molecule has 0 radical (unpaired) electrons. The molecule has 130 valence electrons. The molecule has 0 fully saturated rings. The molecule has 6 heteroatoms. The van der Waals surface area contributed by atoms with Gasteiger partial charge in [-0.3, -0.25) is 4.99 Å². The van der Waals surface area contributed by atoms with Gasteiger partial charge in [0, 0.05) is 24.5 Å². The summed E-state index contributed by atoms with van der Waals surface area (Å²) in [4.78, 5) is 8.29. The molecule has 1 aromatic carbocycles. The van der Waals surface area contributed by atoms with Gasteiger partial charge in [0.05, 0.1) is 17.6 Å². The van der Waals surface area contributed by atoms with Crippen LogP contribution in [0.25, 0.3) is 5.70 Å². The summed E-state index contributed by atoms with van der Waals surface area (Å²) in [7, 11) is 1.90. The van der Waals surface area contributed by atoms with E-state index >= 15 is 0 Å². The van der Waals surface area contributed by atoms with Crippen molar-refractivity contribution in [1.29, 1.82) is 0 Å². The number of nitrogens with zero attached hydrogens (tertiary/aromatic N) is 2. The van der Waals surface area contributed by atoms with E-state index in [1.807, 2.05) is 31.3 Å². The summed E-state index contributed by atoms with van der Waals surface area (Å²) < 4.78 is 0. The summed E-state index contributed by atoms with van der Waals surface area (Å²) in [6.45, 7) is 4.65. The zero-order valence-electron chi connectivity index (χ0n) is 14.3. The number of pyridine rings is 1. The Bertz CT molecular complexity index is 752. The number of aliphatic imine (C=N–C) groups is 1. The Labute approximate surface area is 148 Å². The lowest BCUT2D eigenvalue weighted by atomic mass is 10.1. The van der Waals surface area contributed by atoms with Crippen LogP contribution in [0.4, 0.5) is 5.82 Å². The Kier molecular flexibility index (Phi) is 6.74. The first-order valence-electron chi connectivity index (χ1n) is 7.97. The Balaban J connectivity index is 2.02. The van der Waals surface area contributed by atoms with Gasteiger partial charge < -0.3 is 22.1 Å². The van der Waals surface area contributed by atoms with E-state index in [1.165, 1.54) is 0 Å². The quantitative estimate of drug-likeness (QED) is 0.553. The lowest BCUT2D eigenvalue weighted by Gasteiger charge is -2.20. The van der Waals surface area contributed by atoms with Crippen LogP contribution < -0.4 is 22.1 Å². The molecule has 0 amide bonds. The highest BCUT2D eigenvalue weighted by Crippen LogP contribution is 2.18. The van der Waals surface area contributed by atoms with Crippen molar-refractivity contribution in [2.75, 3.05) is 19.3 Å². The van der Waals surface area contributed by atoms with Crippen molar-refractivity contribution in [3.05, 3.63) is 78.3 Å². The number of aromatic nitrogens is 1. The summed E-state index contributed by atoms with van der Waals surface area (Å²) in [5, 5.41) is 6.44. The van der Waals surface area contributed by atoms with Crippen molar-refractivity contribution < 1.29 is 0 Å². The Morgan fingerprint density at radius 1 is 1.28 bits per heavy atom. The fourth-order valence-corrected chi connectivity index (χ4v) is 2.33. The van der Waals surface area contributed by atoms with Crippen molar-refractivity contribution in [3.63, 3.8) is 0 Å². The number of allylic oxidation sites excluding steroid dienone is 1. The van der Waals surface area contributed by atoms with Gasteiger partial charge in [0.2, 0.25) is 0 Å². The molecule has 0 bridgehead atoms. The molecule has 1 atom stereocenters. The van der Waals surface area contributed by atoms with Crippen molar-refractivity contribution in [3.8, 4) is 0 Å². The molecule has 1 heterocycles. The average Bonchev–Trinajstić information content (AvgIpc) is 2.62. The highest BCUT2D eigenvalue weighted by Gasteiger charge is 2.09. The van der Waals surface area contributed by atoms with Gasteiger partial charge in [-0.2, -0.15) is 0 Å². The minimum absolute atomic E-state index is 0.0630. The van der Waals surface area contributed by atoms with Gasteiger partial charge in [0.25, 0.3) is 0 Å². The molecule has 6 N–H and O–H groups in total. The standard InChI is InChI=1S/C19H24N6/c1-14(16-9-6-11-24-19(16)21)23-12-10-18(20)25-17(13-22-2)15-7-4-3-5-8-15/h3-12,17,22,25H,1,13,20H2,2H3,(H2,21,24)/b18-10+,23-12-. The molecule has 1 unspecified atom stereocenters. The zero-order valence-corrected chi connectivity index (χ0v) is 14.3. The number of nitrogens with two attached hydrogens (primary N) is 2. The summed E-state index contributed by atoms with van der Waals surface area (Å²) in [6.07, 6.45) is 4.92. The third-order valence-corrected chi connectivity index (χ3v) is 3.58. The third kappa shape index (κ3) is 5.47. The van der Waals surface area contributed by atoms with Gasteiger partial charge in [-0.1, -0.05) is 36.9 Å². The molecule has 1 aromatic heterocycles. The summed E-state index contributed by atoms with van der Waals surface area (Å²) in [5.74, 6) is 0.915. The van der Waals surface area contributed by atoms with E-state index in [-0.39, 0.29) is 6.04 Å². The van der Waals surface area contributed by atoms with Crippen LogP contribution >= 0.6 is 0 Å². The minimum Gasteiger partial charge on any atom is -0.385 e. The lowest BCUT2D eigenvalue weighted by molar-refractivity contribution is 0.558. The molecule has 0 aliphatic carbocycles. The number of hydrogen-bond donors (Lipinski definition) is 4. The number of hydrogen-bond acceptors (Lipinski definition) is 6. The van der Waals surface area contributed by atoms with Crippen LogP contribution in [-0.4, -0.2) is 24.8 Å². The summed E-state index contributed by atoms with van der Waals surface area (Å²) in [5.41, 5.74) is 14.3. The van der Waals surface area contributed by atoms with E-state index in [0.29, 0.717) is 22.9 Å². The molecule has 0 spiro atoms. The van der Waals surface area contributed by atoms with Crippen LogP contribution in [0.5, 0.6) is 0 Å². The predicted octanol–water partition coefficient (Wildman–Crippen LogP) is 2.06. The Hall–Kier alpha value is -3.12. The first kappa shape index (κ1) is 18.2.